The first-order chi connectivity index (χ1) is 8.70. The Morgan fingerprint density at radius 2 is 1.78 bits per heavy atom. The molecule has 1 saturated carbocycles. The Morgan fingerprint density at radius 1 is 1.11 bits per heavy atom. The zero-order valence-electron chi connectivity index (χ0n) is 10.8. The Morgan fingerprint density at radius 3 is 2.44 bits per heavy atom. The third kappa shape index (κ3) is 3.21. The maximum Gasteiger partial charge on any atom is 0.200 e. The molecule has 0 heterocycles. The Labute approximate surface area is 107 Å². The summed E-state index contributed by atoms with van der Waals surface area (Å²) in [6.07, 6.45) is 5.98. The highest BCUT2D eigenvalue weighted by Crippen LogP contribution is 2.31. The van der Waals surface area contributed by atoms with Crippen LogP contribution >= 0.6 is 0 Å². The van der Waals surface area contributed by atoms with Gasteiger partial charge in [0.15, 0.2) is 11.6 Å². The van der Waals surface area contributed by atoms with Gasteiger partial charge in [-0.3, -0.25) is 0 Å². The van der Waals surface area contributed by atoms with Crippen molar-refractivity contribution in [2.45, 2.75) is 39.0 Å². The topological polar surface area (TPSA) is 9.23 Å². The SMILES string of the molecule is CC[C@H]1CC[C@H](COc2cccc(F)c2F)CC1. The van der Waals surface area contributed by atoms with E-state index in [1.54, 1.807) is 0 Å². The van der Waals surface area contributed by atoms with E-state index < -0.39 is 11.6 Å². The van der Waals surface area contributed by atoms with E-state index in [1.807, 2.05) is 0 Å². The van der Waals surface area contributed by atoms with Crippen LogP contribution in [0.1, 0.15) is 39.0 Å². The highest BCUT2D eigenvalue weighted by Gasteiger charge is 2.21. The fourth-order valence-corrected chi connectivity index (χ4v) is 2.61. The number of hydrogen-bond donors (Lipinski definition) is 0. The molecular formula is C15H20F2O. The molecule has 0 aliphatic heterocycles. The van der Waals surface area contributed by atoms with Crippen molar-refractivity contribution in [2.24, 2.45) is 11.8 Å². The molecule has 100 valence electrons. The van der Waals surface area contributed by atoms with Gasteiger partial charge >= 0.3 is 0 Å². The lowest BCUT2D eigenvalue weighted by Crippen LogP contribution is -2.20. The molecule has 0 unspecified atom stereocenters. The average molecular weight is 254 g/mol. The van der Waals surface area contributed by atoms with Crippen LogP contribution in [-0.2, 0) is 0 Å². The Kier molecular flexibility index (Phi) is 4.56. The number of hydrogen-bond acceptors (Lipinski definition) is 1. The second-order valence-electron chi connectivity index (χ2n) is 5.16. The standard InChI is InChI=1S/C15H20F2O/c1-2-11-6-8-12(9-7-11)10-18-14-5-3-4-13(16)15(14)17/h3-5,11-12H,2,6-10H2,1H3/t11-,12-. The second-order valence-corrected chi connectivity index (χ2v) is 5.16. The van der Waals surface area contributed by atoms with E-state index >= 15 is 0 Å². The molecule has 1 nitrogen and oxygen atoms in total. The number of halogens is 2. The Balaban J connectivity index is 1.83. The van der Waals surface area contributed by atoms with Gasteiger partial charge < -0.3 is 4.74 Å². The van der Waals surface area contributed by atoms with Crippen LogP contribution in [0, 0.1) is 23.5 Å². The highest BCUT2D eigenvalue weighted by molar-refractivity contribution is 5.25. The van der Waals surface area contributed by atoms with Crippen molar-refractivity contribution >= 4 is 0 Å². The molecule has 18 heavy (non-hydrogen) atoms. The molecule has 0 radical (unpaired) electrons. The summed E-state index contributed by atoms with van der Waals surface area (Å²) < 4.78 is 31.8. The summed E-state index contributed by atoms with van der Waals surface area (Å²) in [5, 5.41) is 0. The van der Waals surface area contributed by atoms with Crippen molar-refractivity contribution in [1.29, 1.82) is 0 Å². The molecule has 0 N–H and O–H groups in total. The van der Waals surface area contributed by atoms with Gasteiger partial charge in [0, 0.05) is 0 Å². The lowest BCUT2D eigenvalue weighted by Gasteiger charge is -2.27. The van der Waals surface area contributed by atoms with E-state index in [0.717, 1.165) is 24.8 Å². The first-order valence-corrected chi connectivity index (χ1v) is 6.77. The largest absolute Gasteiger partial charge is 0.490 e. The van der Waals surface area contributed by atoms with Crippen LogP contribution in [-0.4, -0.2) is 6.61 Å². The molecule has 1 aromatic carbocycles. The molecule has 0 spiro atoms. The van der Waals surface area contributed by atoms with Gasteiger partial charge in [0.25, 0.3) is 0 Å². The van der Waals surface area contributed by atoms with E-state index in [9.17, 15) is 8.78 Å². The summed E-state index contributed by atoms with van der Waals surface area (Å²) in [5.41, 5.74) is 0. The minimum atomic E-state index is -0.875. The maximum absolute atomic E-state index is 13.4. The fourth-order valence-electron chi connectivity index (χ4n) is 2.61. The van der Waals surface area contributed by atoms with E-state index in [1.165, 1.54) is 31.4 Å². The first-order valence-electron chi connectivity index (χ1n) is 6.77. The number of rotatable bonds is 4. The molecule has 1 aliphatic rings. The van der Waals surface area contributed by atoms with E-state index in [2.05, 4.69) is 6.92 Å². The summed E-state index contributed by atoms with van der Waals surface area (Å²) in [4.78, 5) is 0. The second kappa shape index (κ2) is 6.17. The zero-order chi connectivity index (χ0) is 13.0. The summed E-state index contributed by atoms with van der Waals surface area (Å²) in [7, 11) is 0. The summed E-state index contributed by atoms with van der Waals surface area (Å²) in [6, 6.07) is 4.06. The minimum Gasteiger partial charge on any atom is -0.490 e. The van der Waals surface area contributed by atoms with E-state index in [0.29, 0.717) is 12.5 Å². The van der Waals surface area contributed by atoms with Gasteiger partial charge in [-0.1, -0.05) is 32.3 Å². The highest BCUT2D eigenvalue weighted by atomic mass is 19.2. The van der Waals surface area contributed by atoms with Crippen molar-refractivity contribution in [3.05, 3.63) is 29.8 Å². The van der Waals surface area contributed by atoms with Crippen LogP contribution in [0.2, 0.25) is 0 Å². The van der Waals surface area contributed by atoms with Gasteiger partial charge in [0.2, 0.25) is 5.82 Å². The number of benzene rings is 1. The first kappa shape index (κ1) is 13.3. The van der Waals surface area contributed by atoms with Crippen molar-refractivity contribution in [1.82, 2.24) is 0 Å². The van der Waals surface area contributed by atoms with Gasteiger partial charge in [-0.15, -0.1) is 0 Å². The van der Waals surface area contributed by atoms with Crippen LogP contribution in [0.5, 0.6) is 5.75 Å². The van der Waals surface area contributed by atoms with Crippen molar-refractivity contribution in [3.8, 4) is 5.75 Å². The molecule has 0 bridgehead atoms. The molecule has 0 aromatic heterocycles. The Hall–Kier alpha value is -1.12. The molecule has 1 aliphatic carbocycles. The predicted octanol–water partition coefficient (Wildman–Crippen LogP) is 4.56. The zero-order valence-corrected chi connectivity index (χ0v) is 10.8. The molecule has 0 atom stereocenters. The maximum atomic E-state index is 13.4. The summed E-state index contributed by atoms with van der Waals surface area (Å²) >= 11 is 0. The van der Waals surface area contributed by atoms with Gasteiger partial charge in [-0.05, 0) is 36.8 Å². The molecule has 2 rings (SSSR count). The summed E-state index contributed by atoms with van der Waals surface area (Å²) in [5.74, 6) is -0.364. The molecule has 1 fully saturated rings. The minimum absolute atomic E-state index is 0.0348. The number of ether oxygens (including phenoxy) is 1. The summed E-state index contributed by atoms with van der Waals surface area (Å²) in [6.45, 7) is 2.72. The molecule has 1 aromatic rings. The lowest BCUT2D eigenvalue weighted by atomic mass is 9.81. The smallest absolute Gasteiger partial charge is 0.200 e. The third-order valence-electron chi connectivity index (χ3n) is 3.93. The fraction of sp³-hybridized carbons (Fsp3) is 0.600. The van der Waals surface area contributed by atoms with Gasteiger partial charge in [-0.25, -0.2) is 4.39 Å². The van der Waals surface area contributed by atoms with Crippen LogP contribution in [0.25, 0.3) is 0 Å². The van der Waals surface area contributed by atoms with Crippen molar-refractivity contribution < 1.29 is 13.5 Å². The van der Waals surface area contributed by atoms with Gasteiger partial charge in [-0.2, -0.15) is 4.39 Å². The third-order valence-corrected chi connectivity index (χ3v) is 3.93. The molecule has 3 heteroatoms. The van der Waals surface area contributed by atoms with Crippen LogP contribution in [0.4, 0.5) is 8.78 Å². The average Bonchev–Trinajstić information content (AvgIpc) is 2.41. The van der Waals surface area contributed by atoms with Crippen molar-refractivity contribution in [2.75, 3.05) is 6.61 Å². The lowest BCUT2D eigenvalue weighted by molar-refractivity contribution is 0.175. The normalized spacial score (nSPS) is 23.9. The Bertz CT molecular complexity index is 384. The van der Waals surface area contributed by atoms with Gasteiger partial charge in [0.1, 0.15) is 0 Å². The van der Waals surface area contributed by atoms with E-state index in [-0.39, 0.29) is 5.75 Å². The van der Waals surface area contributed by atoms with Crippen LogP contribution in [0.3, 0.4) is 0 Å². The predicted molar refractivity (Wildman–Crippen MR) is 67.6 cm³/mol. The van der Waals surface area contributed by atoms with Crippen LogP contribution < -0.4 is 4.74 Å². The quantitative estimate of drug-likeness (QED) is 0.765. The van der Waals surface area contributed by atoms with E-state index in [4.69, 9.17) is 4.74 Å². The molecule has 0 amide bonds. The van der Waals surface area contributed by atoms with Gasteiger partial charge in [0.05, 0.1) is 6.61 Å². The molecular weight excluding hydrogens is 234 g/mol. The molecule has 0 saturated heterocycles. The van der Waals surface area contributed by atoms with Crippen LogP contribution in [0.15, 0.2) is 18.2 Å². The monoisotopic (exact) mass is 254 g/mol. The van der Waals surface area contributed by atoms with Crippen molar-refractivity contribution in [3.63, 3.8) is 0 Å².